The molecule has 94 valence electrons. The number of nitrogens with one attached hydrogen (secondary N) is 1. The standard InChI is InChI=1S/C15H23NO/c1-3-9-16-15(11-17-2)14-10-13(14)12-7-5-4-6-8-12/h4-8,13-16H,3,9-11H2,1-2H3. The van der Waals surface area contributed by atoms with Crippen molar-refractivity contribution in [2.75, 3.05) is 20.3 Å². The monoisotopic (exact) mass is 233 g/mol. The first kappa shape index (κ1) is 12.6. The Labute approximate surface area is 104 Å². The smallest absolute Gasteiger partial charge is 0.0618 e. The van der Waals surface area contributed by atoms with Crippen LogP contribution in [0.4, 0.5) is 0 Å². The summed E-state index contributed by atoms with van der Waals surface area (Å²) in [7, 11) is 1.79. The van der Waals surface area contributed by atoms with Gasteiger partial charge in [-0.25, -0.2) is 0 Å². The quantitative estimate of drug-likeness (QED) is 0.782. The zero-order valence-electron chi connectivity index (χ0n) is 10.9. The summed E-state index contributed by atoms with van der Waals surface area (Å²) >= 11 is 0. The van der Waals surface area contributed by atoms with Gasteiger partial charge in [0.15, 0.2) is 0 Å². The molecular weight excluding hydrogens is 210 g/mol. The zero-order valence-corrected chi connectivity index (χ0v) is 10.9. The Balaban J connectivity index is 1.90. The maximum atomic E-state index is 5.32. The average Bonchev–Trinajstić information content (AvgIpc) is 3.16. The molecule has 0 aromatic heterocycles. The normalized spacial score (nSPS) is 24.6. The van der Waals surface area contributed by atoms with Gasteiger partial charge in [0.05, 0.1) is 6.61 Å². The Bertz CT molecular complexity index is 325. The molecule has 2 nitrogen and oxygen atoms in total. The van der Waals surface area contributed by atoms with Crippen molar-refractivity contribution in [3.8, 4) is 0 Å². The second-order valence-corrected chi connectivity index (χ2v) is 4.93. The Morgan fingerprint density at radius 2 is 2.12 bits per heavy atom. The van der Waals surface area contributed by atoms with Crippen molar-refractivity contribution in [2.45, 2.75) is 31.7 Å². The summed E-state index contributed by atoms with van der Waals surface area (Å²) in [5, 5.41) is 3.61. The fourth-order valence-electron chi connectivity index (χ4n) is 2.59. The van der Waals surface area contributed by atoms with Gasteiger partial charge in [-0.15, -0.1) is 0 Å². The van der Waals surface area contributed by atoms with Gasteiger partial charge in [0.25, 0.3) is 0 Å². The molecule has 0 amide bonds. The number of ether oxygens (including phenoxy) is 1. The molecule has 0 radical (unpaired) electrons. The van der Waals surface area contributed by atoms with Gasteiger partial charge < -0.3 is 10.1 Å². The van der Waals surface area contributed by atoms with Gasteiger partial charge in [-0.2, -0.15) is 0 Å². The van der Waals surface area contributed by atoms with Crippen molar-refractivity contribution < 1.29 is 4.74 Å². The van der Waals surface area contributed by atoms with Crippen LogP contribution in [-0.4, -0.2) is 26.3 Å². The minimum Gasteiger partial charge on any atom is -0.383 e. The van der Waals surface area contributed by atoms with Gasteiger partial charge in [-0.1, -0.05) is 37.3 Å². The van der Waals surface area contributed by atoms with Gasteiger partial charge in [0, 0.05) is 13.2 Å². The van der Waals surface area contributed by atoms with Gasteiger partial charge in [0.1, 0.15) is 0 Å². The van der Waals surface area contributed by atoms with Crippen LogP contribution in [0.5, 0.6) is 0 Å². The predicted molar refractivity (Wildman–Crippen MR) is 71.2 cm³/mol. The lowest BCUT2D eigenvalue weighted by atomic mass is 10.1. The Hall–Kier alpha value is -0.860. The number of hydrogen-bond acceptors (Lipinski definition) is 2. The molecule has 1 aromatic rings. The topological polar surface area (TPSA) is 21.3 Å². The second-order valence-electron chi connectivity index (χ2n) is 4.93. The molecule has 2 rings (SSSR count). The van der Waals surface area contributed by atoms with E-state index in [9.17, 15) is 0 Å². The number of benzene rings is 1. The lowest BCUT2D eigenvalue weighted by molar-refractivity contribution is 0.157. The minimum absolute atomic E-state index is 0.519. The third-order valence-electron chi connectivity index (χ3n) is 3.59. The molecule has 0 aliphatic heterocycles. The molecule has 1 aromatic carbocycles. The third kappa shape index (κ3) is 3.30. The highest BCUT2D eigenvalue weighted by atomic mass is 16.5. The van der Waals surface area contributed by atoms with Crippen molar-refractivity contribution in [3.05, 3.63) is 35.9 Å². The molecule has 3 unspecified atom stereocenters. The predicted octanol–water partition coefficient (Wildman–Crippen LogP) is 2.80. The van der Waals surface area contributed by atoms with Crippen LogP contribution in [0.1, 0.15) is 31.2 Å². The van der Waals surface area contributed by atoms with E-state index in [4.69, 9.17) is 4.74 Å². The fourth-order valence-corrected chi connectivity index (χ4v) is 2.59. The summed E-state index contributed by atoms with van der Waals surface area (Å²) in [6.07, 6.45) is 2.48. The van der Waals surface area contributed by atoms with E-state index in [0.717, 1.165) is 25.0 Å². The summed E-state index contributed by atoms with van der Waals surface area (Å²) in [5.74, 6) is 1.49. The molecule has 1 N–H and O–H groups in total. The van der Waals surface area contributed by atoms with E-state index >= 15 is 0 Å². The van der Waals surface area contributed by atoms with Crippen LogP contribution in [0, 0.1) is 5.92 Å². The first-order valence-corrected chi connectivity index (χ1v) is 6.64. The maximum absolute atomic E-state index is 5.32. The van der Waals surface area contributed by atoms with E-state index in [1.165, 1.54) is 18.4 Å². The van der Waals surface area contributed by atoms with Crippen LogP contribution in [0.3, 0.4) is 0 Å². The molecule has 0 heterocycles. The highest BCUT2D eigenvalue weighted by molar-refractivity contribution is 5.26. The summed E-state index contributed by atoms with van der Waals surface area (Å²) in [6.45, 7) is 4.12. The number of rotatable bonds is 7. The minimum atomic E-state index is 0.519. The summed E-state index contributed by atoms with van der Waals surface area (Å²) in [5.41, 5.74) is 1.48. The SMILES string of the molecule is CCCNC(COC)C1CC1c1ccccc1. The molecule has 0 bridgehead atoms. The van der Waals surface area contributed by atoms with E-state index in [2.05, 4.69) is 42.6 Å². The van der Waals surface area contributed by atoms with Gasteiger partial charge in [0.2, 0.25) is 0 Å². The molecule has 0 spiro atoms. The molecule has 0 saturated heterocycles. The summed E-state index contributed by atoms with van der Waals surface area (Å²) < 4.78 is 5.32. The van der Waals surface area contributed by atoms with Gasteiger partial charge in [-0.05, 0) is 36.8 Å². The van der Waals surface area contributed by atoms with Crippen molar-refractivity contribution in [1.29, 1.82) is 0 Å². The summed E-state index contributed by atoms with van der Waals surface area (Å²) in [4.78, 5) is 0. The Kier molecular flexibility index (Phi) is 4.57. The lowest BCUT2D eigenvalue weighted by Gasteiger charge is -2.17. The van der Waals surface area contributed by atoms with Crippen LogP contribution < -0.4 is 5.32 Å². The van der Waals surface area contributed by atoms with Crippen LogP contribution in [0.2, 0.25) is 0 Å². The number of hydrogen-bond donors (Lipinski definition) is 1. The molecule has 1 saturated carbocycles. The van der Waals surface area contributed by atoms with Crippen molar-refractivity contribution in [1.82, 2.24) is 5.32 Å². The average molecular weight is 233 g/mol. The maximum Gasteiger partial charge on any atom is 0.0618 e. The highest BCUT2D eigenvalue weighted by Crippen LogP contribution is 2.49. The Morgan fingerprint density at radius 1 is 1.35 bits per heavy atom. The molecule has 1 fully saturated rings. The van der Waals surface area contributed by atoms with E-state index in [0.29, 0.717) is 6.04 Å². The van der Waals surface area contributed by atoms with Crippen LogP contribution >= 0.6 is 0 Å². The van der Waals surface area contributed by atoms with E-state index < -0.39 is 0 Å². The van der Waals surface area contributed by atoms with Crippen molar-refractivity contribution in [2.24, 2.45) is 5.92 Å². The second kappa shape index (κ2) is 6.18. The van der Waals surface area contributed by atoms with E-state index in [1.54, 1.807) is 7.11 Å². The van der Waals surface area contributed by atoms with Crippen LogP contribution in [0.25, 0.3) is 0 Å². The molecule has 17 heavy (non-hydrogen) atoms. The zero-order chi connectivity index (χ0) is 12.1. The summed E-state index contributed by atoms with van der Waals surface area (Å²) in [6, 6.07) is 11.4. The van der Waals surface area contributed by atoms with Crippen LogP contribution in [-0.2, 0) is 4.74 Å². The highest BCUT2D eigenvalue weighted by Gasteiger charge is 2.43. The van der Waals surface area contributed by atoms with Crippen LogP contribution in [0.15, 0.2) is 30.3 Å². The lowest BCUT2D eigenvalue weighted by Crippen LogP contribution is -2.36. The fraction of sp³-hybridized carbons (Fsp3) is 0.600. The first-order valence-electron chi connectivity index (χ1n) is 6.64. The molecule has 1 aliphatic carbocycles. The largest absolute Gasteiger partial charge is 0.383 e. The first-order chi connectivity index (χ1) is 8.36. The molecule has 1 aliphatic rings. The van der Waals surface area contributed by atoms with Crippen molar-refractivity contribution >= 4 is 0 Å². The molecule has 2 heteroatoms. The third-order valence-corrected chi connectivity index (χ3v) is 3.59. The molecule has 3 atom stereocenters. The molecular formula is C15H23NO. The van der Waals surface area contributed by atoms with Gasteiger partial charge in [-0.3, -0.25) is 0 Å². The van der Waals surface area contributed by atoms with E-state index in [1.807, 2.05) is 0 Å². The van der Waals surface area contributed by atoms with Crippen molar-refractivity contribution in [3.63, 3.8) is 0 Å². The number of methoxy groups -OCH3 is 1. The Morgan fingerprint density at radius 3 is 2.76 bits per heavy atom. The van der Waals surface area contributed by atoms with E-state index in [-0.39, 0.29) is 0 Å². The van der Waals surface area contributed by atoms with Gasteiger partial charge >= 0.3 is 0 Å².